The van der Waals surface area contributed by atoms with E-state index in [2.05, 4.69) is 66.6 Å². The lowest BCUT2D eigenvalue weighted by molar-refractivity contribution is 0.455. The van der Waals surface area contributed by atoms with Crippen molar-refractivity contribution in [3.05, 3.63) is 48.5 Å². The molecule has 0 N–H and O–H groups in total. The van der Waals surface area contributed by atoms with Gasteiger partial charge in [-0.15, -0.1) is 0 Å². The van der Waals surface area contributed by atoms with Crippen LogP contribution in [0.25, 0.3) is 0 Å². The Labute approximate surface area is 140 Å². The van der Waals surface area contributed by atoms with Crippen molar-refractivity contribution in [3.63, 3.8) is 0 Å². The summed E-state index contributed by atoms with van der Waals surface area (Å²) in [5, 5.41) is 0. The molecule has 0 aliphatic rings. The second-order valence-electron chi connectivity index (χ2n) is 7.34. The Kier molecular flexibility index (Phi) is 5.02. The van der Waals surface area contributed by atoms with Crippen molar-refractivity contribution in [2.24, 2.45) is 0 Å². The van der Waals surface area contributed by atoms with Crippen molar-refractivity contribution in [2.75, 3.05) is 42.3 Å². The average Bonchev–Trinajstić information content (AvgIpc) is 2.46. The third-order valence-corrected chi connectivity index (χ3v) is 3.59. The van der Waals surface area contributed by atoms with Gasteiger partial charge in [0.15, 0.2) is 0 Å². The highest BCUT2D eigenvalue weighted by Crippen LogP contribution is 2.22. The number of rotatable bonds is 6. The minimum atomic E-state index is 0.755. The minimum Gasteiger partial charge on any atom is -0.526 e. The molecule has 0 saturated carbocycles. The molecule has 2 rings (SSSR count). The van der Waals surface area contributed by atoms with E-state index in [0.717, 1.165) is 20.5 Å². The lowest BCUT2D eigenvalue weighted by atomic mass is 10.2. The van der Waals surface area contributed by atoms with Crippen LogP contribution in [0.4, 0.5) is 11.4 Å². The largest absolute Gasteiger partial charge is 0.658 e. The van der Waals surface area contributed by atoms with Crippen molar-refractivity contribution in [1.82, 2.24) is 8.97 Å². The quantitative estimate of drug-likeness (QED) is 0.603. The first-order chi connectivity index (χ1) is 10.7. The molecule has 1 radical (unpaired) electrons. The molecule has 4 nitrogen and oxygen atoms in total. The van der Waals surface area contributed by atoms with E-state index in [1.54, 1.807) is 0 Å². The zero-order chi connectivity index (χ0) is 17.1. The maximum atomic E-state index is 5.52. The van der Waals surface area contributed by atoms with Gasteiger partial charge in [-0.2, -0.15) is 0 Å². The van der Waals surface area contributed by atoms with Crippen molar-refractivity contribution in [1.29, 1.82) is 0 Å². The zero-order valence-corrected chi connectivity index (χ0v) is 14.9. The Morgan fingerprint density at radius 2 is 0.870 bits per heavy atom. The molecule has 0 aromatic heterocycles. The molecule has 0 heterocycles. The Balaban J connectivity index is 1.87. The highest BCUT2D eigenvalue weighted by molar-refractivity contribution is 6.20. The smallest absolute Gasteiger partial charge is 0.526 e. The Bertz CT molecular complexity index is 569. The molecule has 0 aliphatic heterocycles. The van der Waals surface area contributed by atoms with Crippen LogP contribution in [0.5, 0.6) is 11.5 Å². The van der Waals surface area contributed by atoms with Crippen LogP contribution in [-0.4, -0.2) is 50.0 Å². The van der Waals surface area contributed by atoms with Gasteiger partial charge in [-0.3, -0.25) is 8.97 Å². The Morgan fingerprint density at radius 3 is 1.13 bits per heavy atom. The summed E-state index contributed by atoms with van der Waals surface area (Å²) in [4.78, 5) is 0. The summed E-state index contributed by atoms with van der Waals surface area (Å²) in [5.74, 6) is 1.51. The number of nitrogens with zero attached hydrogens (tertiary/aromatic N) is 2. The van der Waals surface area contributed by atoms with Crippen molar-refractivity contribution in [3.8, 4) is 11.5 Å². The fourth-order valence-corrected chi connectivity index (χ4v) is 2.08. The number of quaternary nitrogens is 2. The van der Waals surface area contributed by atoms with Crippen LogP contribution < -0.4 is 18.3 Å². The van der Waals surface area contributed by atoms with Crippen molar-refractivity contribution < 1.29 is 9.31 Å². The van der Waals surface area contributed by atoms with Crippen LogP contribution in [0.2, 0.25) is 0 Å². The van der Waals surface area contributed by atoms with Crippen LogP contribution in [0, 0.1) is 0 Å². The SMILES string of the molecule is C[N+](C)(C)c1ccc(O[B]Oc2ccc([N+](C)(C)C)cc2)cc1. The van der Waals surface area contributed by atoms with E-state index in [-0.39, 0.29) is 0 Å². The molecule has 0 bridgehead atoms. The van der Waals surface area contributed by atoms with Gasteiger partial charge < -0.3 is 9.31 Å². The van der Waals surface area contributed by atoms with Crippen LogP contribution >= 0.6 is 0 Å². The van der Waals surface area contributed by atoms with Crippen molar-refractivity contribution >= 4 is 19.1 Å². The monoisotopic (exact) mass is 313 g/mol. The lowest BCUT2D eigenvalue weighted by Crippen LogP contribution is -2.34. The van der Waals surface area contributed by atoms with Gasteiger partial charge in [-0.25, -0.2) is 0 Å². The number of hydrogen-bond acceptors (Lipinski definition) is 2. The maximum absolute atomic E-state index is 5.52. The van der Waals surface area contributed by atoms with E-state index in [0.29, 0.717) is 0 Å². The van der Waals surface area contributed by atoms with E-state index >= 15 is 0 Å². The first-order valence-corrected chi connectivity index (χ1v) is 7.65. The van der Waals surface area contributed by atoms with Gasteiger partial charge in [0.2, 0.25) is 0 Å². The van der Waals surface area contributed by atoms with Gasteiger partial charge in [0.1, 0.15) is 22.9 Å². The molecule has 121 valence electrons. The molecule has 0 atom stereocenters. The van der Waals surface area contributed by atoms with E-state index < -0.39 is 0 Å². The molecule has 2 aromatic carbocycles. The highest BCUT2D eigenvalue weighted by Gasteiger charge is 2.13. The molecule has 0 spiro atoms. The van der Waals surface area contributed by atoms with Crippen LogP contribution in [0.3, 0.4) is 0 Å². The molecular formula is C18H26BN2O2+2. The summed E-state index contributed by atoms with van der Waals surface area (Å²) in [7, 11) is 14.1. The Morgan fingerprint density at radius 1 is 0.565 bits per heavy atom. The predicted molar refractivity (Wildman–Crippen MR) is 99.0 cm³/mol. The highest BCUT2D eigenvalue weighted by atomic mass is 16.6. The first kappa shape index (κ1) is 17.4. The summed E-state index contributed by atoms with van der Waals surface area (Å²) < 4.78 is 12.6. The summed E-state index contributed by atoms with van der Waals surface area (Å²) in [5.41, 5.74) is 2.43. The lowest BCUT2D eigenvalue weighted by Gasteiger charge is -2.23. The van der Waals surface area contributed by atoms with Crippen LogP contribution in [0.1, 0.15) is 0 Å². The second-order valence-corrected chi connectivity index (χ2v) is 7.34. The van der Waals surface area contributed by atoms with Gasteiger partial charge in [-0.1, -0.05) is 0 Å². The minimum absolute atomic E-state index is 0.755. The van der Waals surface area contributed by atoms with E-state index in [1.807, 2.05) is 24.3 Å². The Hall–Kier alpha value is -1.98. The van der Waals surface area contributed by atoms with E-state index in [4.69, 9.17) is 9.31 Å². The third kappa shape index (κ3) is 5.01. The van der Waals surface area contributed by atoms with Gasteiger partial charge >= 0.3 is 7.69 Å². The molecule has 0 unspecified atom stereocenters. The van der Waals surface area contributed by atoms with E-state index in [9.17, 15) is 0 Å². The maximum Gasteiger partial charge on any atom is 0.658 e. The fraction of sp³-hybridized carbons (Fsp3) is 0.333. The summed E-state index contributed by atoms with van der Waals surface area (Å²) in [6.45, 7) is 0. The summed E-state index contributed by atoms with van der Waals surface area (Å²) in [6.07, 6.45) is 0. The van der Waals surface area contributed by atoms with Crippen LogP contribution in [-0.2, 0) is 0 Å². The third-order valence-electron chi connectivity index (χ3n) is 3.59. The summed E-state index contributed by atoms with van der Waals surface area (Å²) in [6, 6.07) is 16.0. The molecule has 5 heteroatoms. The number of hydrogen-bond donors (Lipinski definition) is 0. The van der Waals surface area contributed by atoms with Crippen LogP contribution in [0.15, 0.2) is 48.5 Å². The van der Waals surface area contributed by atoms with E-state index in [1.165, 1.54) is 19.1 Å². The van der Waals surface area contributed by atoms with Gasteiger partial charge in [-0.05, 0) is 24.3 Å². The second kappa shape index (κ2) is 6.65. The molecule has 0 saturated heterocycles. The van der Waals surface area contributed by atoms with Gasteiger partial charge in [0.25, 0.3) is 0 Å². The topological polar surface area (TPSA) is 18.5 Å². The fourth-order valence-electron chi connectivity index (χ4n) is 2.08. The zero-order valence-electron chi connectivity index (χ0n) is 14.9. The molecule has 0 fully saturated rings. The summed E-state index contributed by atoms with van der Waals surface area (Å²) >= 11 is 0. The molecular weight excluding hydrogens is 287 g/mol. The first-order valence-electron chi connectivity index (χ1n) is 7.65. The number of benzene rings is 2. The normalized spacial score (nSPS) is 11.9. The average molecular weight is 313 g/mol. The van der Waals surface area contributed by atoms with Crippen molar-refractivity contribution in [2.45, 2.75) is 0 Å². The molecule has 23 heavy (non-hydrogen) atoms. The van der Waals surface area contributed by atoms with Gasteiger partial charge in [0.05, 0.1) is 42.3 Å². The predicted octanol–water partition coefficient (Wildman–Crippen LogP) is 3.07. The molecule has 2 aromatic rings. The molecule has 0 amide bonds. The molecule has 0 aliphatic carbocycles. The standard InChI is InChI=1S/C18H26BN2O2/c1-20(2,3)15-7-11-17(12-8-15)22-19-23-18-13-9-16(10-14-18)21(4,5)6/h7-14H,1-6H3/q+2. The van der Waals surface area contributed by atoms with Gasteiger partial charge in [0, 0.05) is 24.3 Å².